The summed E-state index contributed by atoms with van der Waals surface area (Å²) < 4.78 is 5.55. The summed E-state index contributed by atoms with van der Waals surface area (Å²) in [4.78, 5) is 6.14. The first-order valence-corrected chi connectivity index (χ1v) is 7.52. The first kappa shape index (κ1) is 14.0. The average molecular weight is 268 g/mol. The number of hydrogen-bond acceptors (Lipinski definition) is 4. The molecule has 0 unspecified atom stereocenters. The van der Waals surface area contributed by atoms with E-state index in [-0.39, 0.29) is 5.60 Å². The fourth-order valence-corrected chi connectivity index (χ4v) is 3.66. The Bertz CT molecular complexity index is 406. The molecule has 1 aliphatic rings. The summed E-state index contributed by atoms with van der Waals surface area (Å²) in [6.45, 7) is 9.62. The van der Waals surface area contributed by atoms with Gasteiger partial charge in [-0.3, -0.25) is 0 Å². The van der Waals surface area contributed by atoms with E-state index in [1.54, 1.807) is 7.11 Å². The highest BCUT2D eigenvalue weighted by Gasteiger charge is 2.29. The van der Waals surface area contributed by atoms with Crippen LogP contribution in [0.4, 0.5) is 0 Å². The van der Waals surface area contributed by atoms with Crippen molar-refractivity contribution in [2.75, 3.05) is 13.7 Å². The monoisotopic (exact) mass is 268 g/mol. The van der Waals surface area contributed by atoms with Crippen molar-refractivity contribution in [1.29, 1.82) is 0 Å². The summed E-state index contributed by atoms with van der Waals surface area (Å²) in [5.41, 5.74) is 0.817. The van der Waals surface area contributed by atoms with Crippen LogP contribution in [-0.2, 0) is 10.3 Å². The minimum atomic E-state index is -0.284. The minimum absolute atomic E-state index is 0.284. The van der Waals surface area contributed by atoms with Crippen LogP contribution < -0.4 is 5.32 Å². The standard InChI is InChI=1S/C14H24N2OS/c1-9-6-7-11(8-15-9)13-16-12(10(2)18-13)14(3,4)17-5/h9,11,15H,6-8H2,1-5H3/t9-,11-/m1/s1. The molecule has 2 atom stereocenters. The van der Waals surface area contributed by atoms with Gasteiger partial charge in [-0.15, -0.1) is 11.3 Å². The molecule has 1 N–H and O–H groups in total. The van der Waals surface area contributed by atoms with E-state index in [0.717, 1.165) is 12.2 Å². The van der Waals surface area contributed by atoms with Crippen LogP contribution in [-0.4, -0.2) is 24.7 Å². The Hall–Kier alpha value is -0.450. The van der Waals surface area contributed by atoms with E-state index in [4.69, 9.17) is 9.72 Å². The van der Waals surface area contributed by atoms with Crippen molar-refractivity contribution in [2.24, 2.45) is 0 Å². The first-order valence-electron chi connectivity index (χ1n) is 6.70. The van der Waals surface area contributed by atoms with Crippen LogP contribution in [0.2, 0.25) is 0 Å². The van der Waals surface area contributed by atoms with Crippen LogP contribution in [0.5, 0.6) is 0 Å². The molecule has 1 fully saturated rings. The van der Waals surface area contributed by atoms with E-state index in [1.165, 1.54) is 22.7 Å². The first-order chi connectivity index (χ1) is 8.44. The Morgan fingerprint density at radius 1 is 1.39 bits per heavy atom. The van der Waals surface area contributed by atoms with Gasteiger partial charge in [0.2, 0.25) is 0 Å². The predicted octanol–water partition coefficient (Wildman–Crippen LogP) is 3.19. The zero-order valence-electron chi connectivity index (χ0n) is 12.0. The molecule has 0 aliphatic carbocycles. The molecular weight excluding hydrogens is 244 g/mol. The number of thiazole rings is 1. The van der Waals surface area contributed by atoms with E-state index in [0.29, 0.717) is 12.0 Å². The van der Waals surface area contributed by atoms with Crippen molar-refractivity contribution in [2.45, 2.75) is 58.1 Å². The summed E-state index contributed by atoms with van der Waals surface area (Å²) >= 11 is 1.83. The van der Waals surface area contributed by atoms with Crippen molar-refractivity contribution in [3.63, 3.8) is 0 Å². The molecule has 0 saturated carbocycles. The second-order valence-corrected chi connectivity index (χ2v) is 6.99. The Kier molecular flexibility index (Phi) is 4.09. The maximum atomic E-state index is 5.55. The van der Waals surface area contributed by atoms with Gasteiger partial charge in [0.05, 0.1) is 10.7 Å². The van der Waals surface area contributed by atoms with Gasteiger partial charge in [-0.25, -0.2) is 4.98 Å². The number of hydrogen-bond donors (Lipinski definition) is 1. The highest BCUT2D eigenvalue weighted by atomic mass is 32.1. The minimum Gasteiger partial charge on any atom is -0.372 e. The van der Waals surface area contributed by atoms with E-state index < -0.39 is 0 Å². The number of methoxy groups -OCH3 is 1. The van der Waals surface area contributed by atoms with Gasteiger partial charge in [0.1, 0.15) is 5.60 Å². The SMILES string of the molecule is COC(C)(C)c1nc([C@@H]2CC[C@@H](C)NC2)sc1C. The van der Waals surface area contributed by atoms with Gasteiger partial charge >= 0.3 is 0 Å². The third kappa shape index (κ3) is 2.76. The summed E-state index contributed by atoms with van der Waals surface area (Å²) in [6.07, 6.45) is 2.49. The molecule has 0 radical (unpaired) electrons. The molecular formula is C14H24N2OS. The fraction of sp³-hybridized carbons (Fsp3) is 0.786. The zero-order chi connectivity index (χ0) is 13.3. The number of aromatic nitrogens is 1. The van der Waals surface area contributed by atoms with E-state index in [2.05, 4.69) is 33.0 Å². The lowest BCUT2D eigenvalue weighted by molar-refractivity contribution is 0.0153. The molecule has 0 spiro atoms. The van der Waals surface area contributed by atoms with E-state index >= 15 is 0 Å². The number of nitrogens with one attached hydrogen (secondary N) is 1. The van der Waals surface area contributed by atoms with E-state index in [1.807, 2.05) is 11.3 Å². The Labute approximate surface area is 114 Å². The molecule has 1 saturated heterocycles. The number of piperidine rings is 1. The summed E-state index contributed by atoms with van der Waals surface area (Å²) in [6, 6.07) is 0.650. The normalized spacial score (nSPS) is 25.4. The van der Waals surface area contributed by atoms with Crippen molar-refractivity contribution in [3.05, 3.63) is 15.6 Å². The fourth-order valence-electron chi connectivity index (χ4n) is 2.46. The van der Waals surface area contributed by atoms with Crippen molar-refractivity contribution >= 4 is 11.3 Å². The largest absolute Gasteiger partial charge is 0.372 e. The van der Waals surface area contributed by atoms with Gasteiger partial charge in [-0.05, 0) is 40.5 Å². The summed E-state index contributed by atoms with van der Waals surface area (Å²) in [7, 11) is 1.75. The molecule has 2 rings (SSSR count). The van der Waals surface area contributed by atoms with Gasteiger partial charge in [-0.2, -0.15) is 0 Å². The molecule has 0 amide bonds. The second-order valence-electron chi connectivity index (χ2n) is 5.75. The molecule has 102 valence electrons. The van der Waals surface area contributed by atoms with Crippen LogP contribution in [0.3, 0.4) is 0 Å². The smallest absolute Gasteiger partial charge is 0.105 e. The van der Waals surface area contributed by atoms with Crippen LogP contribution in [0.25, 0.3) is 0 Å². The third-order valence-corrected chi connectivity index (χ3v) is 5.04. The molecule has 4 heteroatoms. The number of rotatable bonds is 3. The Morgan fingerprint density at radius 3 is 2.67 bits per heavy atom. The molecule has 0 bridgehead atoms. The van der Waals surface area contributed by atoms with Gasteiger partial charge in [0.15, 0.2) is 0 Å². The molecule has 2 heterocycles. The maximum Gasteiger partial charge on any atom is 0.105 e. The number of aryl methyl sites for hydroxylation is 1. The summed E-state index contributed by atoms with van der Waals surface area (Å²) in [5.74, 6) is 0.575. The highest BCUT2D eigenvalue weighted by molar-refractivity contribution is 7.11. The van der Waals surface area contributed by atoms with Gasteiger partial charge in [-0.1, -0.05) is 0 Å². The van der Waals surface area contributed by atoms with Crippen LogP contribution in [0, 0.1) is 6.92 Å². The quantitative estimate of drug-likeness (QED) is 0.914. The highest BCUT2D eigenvalue weighted by Crippen LogP contribution is 2.35. The van der Waals surface area contributed by atoms with Crippen molar-refractivity contribution in [3.8, 4) is 0 Å². The predicted molar refractivity (Wildman–Crippen MR) is 76.3 cm³/mol. The Morgan fingerprint density at radius 2 is 2.11 bits per heavy atom. The average Bonchev–Trinajstić information content (AvgIpc) is 2.73. The maximum absolute atomic E-state index is 5.55. The van der Waals surface area contributed by atoms with Crippen LogP contribution in [0.1, 0.15) is 55.1 Å². The Balaban J connectivity index is 2.19. The molecule has 1 aromatic heterocycles. The number of nitrogens with zero attached hydrogens (tertiary/aromatic N) is 1. The molecule has 3 nitrogen and oxygen atoms in total. The lowest BCUT2D eigenvalue weighted by atomic mass is 9.96. The molecule has 1 aliphatic heterocycles. The lowest BCUT2D eigenvalue weighted by Crippen LogP contribution is -2.35. The number of ether oxygens (including phenoxy) is 1. The van der Waals surface area contributed by atoms with E-state index in [9.17, 15) is 0 Å². The topological polar surface area (TPSA) is 34.1 Å². The lowest BCUT2D eigenvalue weighted by Gasteiger charge is -2.26. The second kappa shape index (κ2) is 5.27. The van der Waals surface area contributed by atoms with Gasteiger partial charge in [0.25, 0.3) is 0 Å². The molecule has 0 aromatic carbocycles. The van der Waals surface area contributed by atoms with Gasteiger partial charge in [0, 0.05) is 30.5 Å². The summed E-state index contributed by atoms with van der Waals surface area (Å²) in [5, 5.41) is 4.82. The van der Waals surface area contributed by atoms with Crippen LogP contribution in [0.15, 0.2) is 0 Å². The zero-order valence-corrected chi connectivity index (χ0v) is 12.9. The molecule has 18 heavy (non-hydrogen) atoms. The van der Waals surface area contributed by atoms with Crippen LogP contribution >= 0.6 is 11.3 Å². The van der Waals surface area contributed by atoms with Crippen molar-refractivity contribution in [1.82, 2.24) is 10.3 Å². The van der Waals surface area contributed by atoms with Gasteiger partial charge < -0.3 is 10.1 Å². The molecule has 1 aromatic rings. The van der Waals surface area contributed by atoms with Crippen molar-refractivity contribution < 1.29 is 4.74 Å². The third-order valence-electron chi connectivity index (χ3n) is 3.90.